The molecule has 0 aliphatic carbocycles. The van der Waals surface area contributed by atoms with Crippen molar-refractivity contribution in [2.75, 3.05) is 0 Å². The summed E-state index contributed by atoms with van der Waals surface area (Å²) in [6.45, 7) is 2.95. The Morgan fingerprint density at radius 3 is 2.25 bits per heavy atom. The summed E-state index contributed by atoms with van der Waals surface area (Å²) in [6.07, 6.45) is 1.20. The first-order valence-electron chi connectivity index (χ1n) is 2.12. The van der Waals surface area contributed by atoms with Crippen LogP contribution in [0, 0.1) is 0 Å². The Hall–Kier alpha value is -0.500. The van der Waals surface area contributed by atoms with Gasteiger partial charge in [-0.05, 0) is 6.92 Å². The van der Waals surface area contributed by atoms with Crippen LogP contribution >= 0.6 is 11.6 Å². The summed E-state index contributed by atoms with van der Waals surface area (Å²) in [4.78, 5) is 10.0. The van der Waals surface area contributed by atoms with Gasteiger partial charge in [0.2, 0.25) is 0 Å². The van der Waals surface area contributed by atoms with E-state index in [4.69, 9.17) is 11.6 Å². The average molecular weight is 135 g/mol. The Morgan fingerprint density at radius 2 is 2.12 bits per heavy atom. The highest BCUT2D eigenvalue weighted by molar-refractivity contribution is 6.29. The second kappa shape index (κ2) is 3.50. The van der Waals surface area contributed by atoms with Gasteiger partial charge in [0, 0.05) is 6.92 Å². The van der Waals surface area contributed by atoms with Crippen molar-refractivity contribution in [1.82, 2.24) is 0 Å². The molecule has 0 atom stereocenters. The standard InChI is InChI=1S/C5H7ClO2/c1-4(6)3-8-5(2)7/h3H,1-2H3/b4-3+. The van der Waals surface area contributed by atoms with E-state index in [0.29, 0.717) is 5.03 Å². The molecule has 2 nitrogen and oxygen atoms in total. The second-order valence-corrected chi connectivity index (χ2v) is 1.91. The summed E-state index contributed by atoms with van der Waals surface area (Å²) in [6, 6.07) is 0. The molecule has 0 aromatic rings. The SMILES string of the molecule is CC(=O)O/C=C(\C)Cl. The second-order valence-electron chi connectivity index (χ2n) is 1.31. The average Bonchev–Trinajstić information content (AvgIpc) is 1.61. The molecule has 0 aliphatic rings. The number of hydrogen-bond donors (Lipinski definition) is 0. The predicted molar refractivity (Wildman–Crippen MR) is 31.4 cm³/mol. The molecular formula is C5H7ClO2. The van der Waals surface area contributed by atoms with E-state index < -0.39 is 0 Å². The Morgan fingerprint density at radius 1 is 1.62 bits per heavy atom. The first-order chi connectivity index (χ1) is 3.63. The van der Waals surface area contributed by atoms with Crippen molar-refractivity contribution in [3.05, 3.63) is 11.3 Å². The molecule has 0 aromatic heterocycles. The molecule has 0 aromatic carbocycles. The van der Waals surface area contributed by atoms with Gasteiger partial charge in [0.1, 0.15) is 6.26 Å². The Labute approximate surface area is 53.1 Å². The minimum absolute atomic E-state index is 0.356. The molecule has 0 heterocycles. The van der Waals surface area contributed by atoms with Gasteiger partial charge in [0.05, 0.1) is 5.03 Å². The number of esters is 1. The van der Waals surface area contributed by atoms with Crippen LogP contribution in [0.25, 0.3) is 0 Å². The molecule has 8 heavy (non-hydrogen) atoms. The predicted octanol–water partition coefficient (Wildman–Crippen LogP) is 1.65. The summed E-state index contributed by atoms with van der Waals surface area (Å²) in [5.41, 5.74) is 0. The first-order valence-corrected chi connectivity index (χ1v) is 2.50. The van der Waals surface area contributed by atoms with Crippen LogP contribution in [0.3, 0.4) is 0 Å². The first kappa shape index (κ1) is 7.50. The third kappa shape index (κ3) is 5.50. The molecule has 0 fully saturated rings. The Kier molecular flexibility index (Phi) is 3.28. The van der Waals surface area contributed by atoms with E-state index in [1.54, 1.807) is 6.92 Å². The normalized spacial score (nSPS) is 11.1. The molecule has 0 spiro atoms. The van der Waals surface area contributed by atoms with Gasteiger partial charge in [0.25, 0.3) is 0 Å². The fourth-order valence-corrected chi connectivity index (χ4v) is 0.209. The van der Waals surface area contributed by atoms with Gasteiger partial charge in [-0.3, -0.25) is 4.79 Å². The highest BCUT2D eigenvalue weighted by Crippen LogP contribution is 1.97. The van der Waals surface area contributed by atoms with Crippen molar-refractivity contribution in [1.29, 1.82) is 0 Å². The summed E-state index contributed by atoms with van der Waals surface area (Å²) >= 11 is 5.31. The maximum absolute atomic E-state index is 10.0. The van der Waals surface area contributed by atoms with Gasteiger partial charge < -0.3 is 4.74 Å². The zero-order valence-electron chi connectivity index (χ0n) is 4.77. The van der Waals surface area contributed by atoms with E-state index in [2.05, 4.69) is 4.74 Å². The summed E-state index contributed by atoms with van der Waals surface area (Å²) in [5, 5.41) is 0.459. The van der Waals surface area contributed by atoms with E-state index in [9.17, 15) is 4.79 Å². The maximum Gasteiger partial charge on any atom is 0.307 e. The van der Waals surface area contributed by atoms with E-state index in [1.807, 2.05) is 0 Å². The van der Waals surface area contributed by atoms with Crippen LogP contribution in [0.4, 0.5) is 0 Å². The van der Waals surface area contributed by atoms with Gasteiger partial charge in [-0.1, -0.05) is 11.6 Å². The molecule has 0 saturated heterocycles. The van der Waals surface area contributed by atoms with E-state index >= 15 is 0 Å². The largest absolute Gasteiger partial charge is 0.433 e. The molecule has 3 heteroatoms. The number of halogens is 1. The van der Waals surface area contributed by atoms with Crippen LogP contribution in [0.1, 0.15) is 13.8 Å². The summed E-state index contributed by atoms with van der Waals surface area (Å²) in [5.74, 6) is -0.356. The minimum atomic E-state index is -0.356. The Bertz CT molecular complexity index is 114. The van der Waals surface area contributed by atoms with Crippen molar-refractivity contribution in [2.45, 2.75) is 13.8 Å². The highest BCUT2D eigenvalue weighted by atomic mass is 35.5. The quantitative estimate of drug-likeness (QED) is 0.403. The van der Waals surface area contributed by atoms with E-state index in [1.165, 1.54) is 13.2 Å². The topological polar surface area (TPSA) is 26.3 Å². The number of rotatable bonds is 1. The molecule has 0 bridgehead atoms. The monoisotopic (exact) mass is 134 g/mol. The van der Waals surface area contributed by atoms with Gasteiger partial charge in [-0.25, -0.2) is 0 Å². The van der Waals surface area contributed by atoms with E-state index in [-0.39, 0.29) is 5.97 Å². The van der Waals surface area contributed by atoms with Crippen LogP contribution in [0.15, 0.2) is 11.3 Å². The lowest BCUT2D eigenvalue weighted by Crippen LogP contribution is -1.89. The molecule has 0 unspecified atom stereocenters. The fourth-order valence-electron chi connectivity index (χ4n) is 0.164. The van der Waals surface area contributed by atoms with Crippen LogP contribution < -0.4 is 0 Å². The molecule has 0 amide bonds. The van der Waals surface area contributed by atoms with Crippen molar-refractivity contribution in [3.63, 3.8) is 0 Å². The smallest absolute Gasteiger partial charge is 0.307 e. The van der Waals surface area contributed by atoms with Crippen LogP contribution in [-0.2, 0) is 9.53 Å². The van der Waals surface area contributed by atoms with Crippen LogP contribution in [0.2, 0.25) is 0 Å². The number of ether oxygens (including phenoxy) is 1. The van der Waals surface area contributed by atoms with Crippen molar-refractivity contribution >= 4 is 17.6 Å². The highest BCUT2D eigenvalue weighted by Gasteiger charge is 1.85. The number of carbonyl (C=O) groups is 1. The zero-order chi connectivity index (χ0) is 6.57. The van der Waals surface area contributed by atoms with Gasteiger partial charge in [-0.2, -0.15) is 0 Å². The van der Waals surface area contributed by atoms with Crippen LogP contribution in [-0.4, -0.2) is 5.97 Å². The maximum atomic E-state index is 10.0. The molecule has 0 aliphatic heterocycles. The Balaban J connectivity index is 3.45. The fraction of sp³-hybridized carbons (Fsp3) is 0.400. The van der Waals surface area contributed by atoms with Gasteiger partial charge in [-0.15, -0.1) is 0 Å². The molecule has 0 saturated carbocycles. The number of allylic oxidation sites excluding steroid dienone is 1. The van der Waals surface area contributed by atoms with Crippen LogP contribution in [0.5, 0.6) is 0 Å². The third-order valence-electron chi connectivity index (χ3n) is 0.387. The summed E-state index contributed by atoms with van der Waals surface area (Å²) < 4.78 is 4.37. The molecule has 0 radical (unpaired) electrons. The molecule has 46 valence electrons. The lowest BCUT2D eigenvalue weighted by Gasteiger charge is -1.88. The third-order valence-corrected chi connectivity index (χ3v) is 0.476. The lowest BCUT2D eigenvalue weighted by atomic mass is 10.7. The molecule has 0 rings (SSSR count). The van der Waals surface area contributed by atoms with E-state index in [0.717, 1.165) is 0 Å². The number of carbonyl (C=O) groups excluding carboxylic acids is 1. The minimum Gasteiger partial charge on any atom is -0.433 e. The van der Waals surface area contributed by atoms with Gasteiger partial charge in [0.15, 0.2) is 0 Å². The number of hydrogen-bond acceptors (Lipinski definition) is 2. The summed E-state index contributed by atoms with van der Waals surface area (Å²) in [7, 11) is 0. The molecule has 0 N–H and O–H groups in total. The van der Waals surface area contributed by atoms with Crippen molar-refractivity contribution in [3.8, 4) is 0 Å². The van der Waals surface area contributed by atoms with Gasteiger partial charge >= 0.3 is 5.97 Å². The lowest BCUT2D eigenvalue weighted by molar-refractivity contribution is -0.135. The molecular weight excluding hydrogens is 128 g/mol. The van der Waals surface area contributed by atoms with Crippen molar-refractivity contribution < 1.29 is 9.53 Å². The zero-order valence-corrected chi connectivity index (χ0v) is 5.53. The van der Waals surface area contributed by atoms with Crippen molar-refractivity contribution in [2.24, 2.45) is 0 Å².